The third-order valence-corrected chi connectivity index (χ3v) is 3.97. The Kier molecular flexibility index (Phi) is 5.06. The molecule has 0 N–H and O–H groups in total. The molecule has 0 saturated carbocycles. The van der Waals surface area contributed by atoms with Crippen molar-refractivity contribution in [3.63, 3.8) is 0 Å². The van der Waals surface area contributed by atoms with Crippen LogP contribution < -0.4 is 0 Å². The van der Waals surface area contributed by atoms with Gasteiger partial charge >= 0.3 is 0 Å². The SMILES string of the molecule is Fc1cc(F)c(C=Cc2nnc(Cc3cccc(Br)c3)o2)c(Cl)c1. The lowest BCUT2D eigenvalue weighted by molar-refractivity contribution is 0.496. The Hall–Kier alpha value is -2.05. The average molecular weight is 412 g/mol. The quantitative estimate of drug-likeness (QED) is 0.567. The van der Waals surface area contributed by atoms with Crippen LogP contribution in [0.15, 0.2) is 45.3 Å². The summed E-state index contributed by atoms with van der Waals surface area (Å²) in [6, 6.07) is 9.53. The maximum absolute atomic E-state index is 13.7. The molecule has 3 rings (SSSR count). The molecule has 0 radical (unpaired) electrons. The van der Waals surface area contributed by atoms with Crippen LogP contribution in [0.3, 0.4) is 0 Å². The summed E-state index contributed by atoms with van der Waals surface area (Å²) in [5.41, 5.74) is 1.07. The molecule has 0 aliphatic rings. The van der Waals surface area contributed by atoms with E-state index < -0.39 is 11.6 Å². The summed E-state index contributed by atoms with van der Waals surface area (Å²) in [4.78, 5) is 0. The Balaban J connectivity index is 1.77. The fourth-order valence-electron chi connectivity index (χ4n) is 2.09. The van der Waals surface area contributed by atoms with E-state index in [-0.39, 0.29) is 16.5 Å². The summed E-state index contributed by atoms with van der Waals surface area (Å²) in [5, 5.41) is 7.78. The van der Waals surface area contributed by atoms with Gasteiger partial charge in [0.15, 0.2) is 0 Å². The van der Waals surface area contributed by atoms with Gasteiger partial charge in [0.25, 0.3) is 0 Å². The maximum atomic E-state index is 13.7. The van der Waals surface area contributed by atoms with Crippen molar-refractivity contribution in [2.75, 3.05) is 0 Å². The first-order valence-electron chi connectivity index (χ1n) is 6.91. The molecule has 3 aromatic rings. The van der Waals surface area contributed by atoms with Gasteiger partial charge in [0, 0.05) is 22.2 Å². The van der Waals surface area contributed by atoms with Crippen LogP contribution in [0.5, 0.6) is 0 Å². The second-order valence-corrected chi connectivity index (χ2v) is 6.28. The molecule has 0 amide bonds. The third kappa shape index (κ3) is 4.07. The zero-order valence-electron chi connectivity index (χ0n) is 12.1. The first kappa shape index (κ1) is 16.8. The first-order valence-corrected chi connectivity index (χ1v) is 8.08. The van der Waals surface area contributed by atoms with Crippen LogP contribution in [0.1, 0.15) is 22.9 Å². The molecule has 0 fully saturated rings. The van der Waals surface area contributed by atoms with Crippen LogP contribution in [0, 0.1) is 11.6 Å². The largest absolute Gasteiger partial charge is 0.421 e. The van der Waals surface area contributed by atoms with Crippen molar-refractivity contribution in [3.8, 4) is 0 Å². The number of rotatable bonds is 4. The molecule has 0 atom stereocenters. The van der Waals surface area contributed by atoms with E-state index in [0.29, 0.717) is 12.3 Å². The summed E-state index contributed by atoms with van der Waals surface area (Å²) in [5.74, 6) is -0.855. The molecule has 0 unspecified atom stereocenters. The van der Waals surface area contributed by atoms with E-state index in [4.69, 9.17) is 16.0 Å². The van der Waals surface area contributed by atoms with Gasteiger partial charge in [-0.15, -0.1) is 10.2 Å². The number of hydrogen-bond donors (Lipinski definition) is 0. The van der Waals surface area contributed by atoms with Crippen molar-refractivity contribution in [1.82, 2.24) is 10.2 Å². The Morgan fingerprint density at radius 2 is 1.96 bits per heavy atom. The summed E-state index contributed by atoms with van der Waals surface area (Å²) in [6.45, 7) is 0. The molecular formula is C17H10BrClF2N2O. The van der Waals surface area contributed by atoms with Crippen molar-refractivity contribution in [2.45, 2.75) is 6.42 Å². The Bertz CT molecular complexity index is 888. The van der Waals surface area contributed by atoms with E-state index in [1.165, 1.54) is 12.2 Å². The Morgan fingerprint density at radius 1 is 1.12 bits per heavy atom. The highest BCUT2D eigenvalue weighted by Gasteiger charge is 2.09. The smallest absolute Gasteiger partial charge is 0.240 e. The fourth-order valence-corrected chi connectivity index (χ4v) is 2.80. The summed E-state index contributed by atoms with van der Waals surface area (Å²) in [6.07, 6.45) is 3.28. The molecule has 0 spiro atoms. The first-order chi connectivity index (χ1) is 11.5. The van der Waals surface area contributed by atoms with Crippen molar-refractivity contribution >= 4 is 39.7 Å². The van der Waals surface area contributed by atoms with Gasteiger partial charge in [-0.25, -0.2) is 8.78 Å². The van der Waals surface area contributed by atoms with E-state index in [9.17, 15) is 8.78 Å². The highest BCUT2D eigenvalue weighted by Crippen LogP contribution is 2.23. The molecule has 0 bridgehead atoms. The summed E-state index contributed by atoms with van der Waals surface area (Å²) in [7, 11) is 0. The van der Waals surface area contributed by atoms with Gasteiger partial charge in [0.05, 0.1) is 11.4 Å². The van der Waals surface area contributed by atoms with Gasteiger partial charge in [-0.1, -0.05) is 39.7 Å². The predicted molar refractivity (Wildman–Crippen MR) is 91.5 cm³/mol. The van der Waals surface area contributed by atoms with Crippen LogP contribution in [-0.4, -0.2) is 10.2 Å². The molecule has 1 aromatic heterocycles. The minimum Gasteiger partial charge on any atom is -0.421 e. The highest BCUT2D eigenvalue weighted by molar-refractivity contribution is 9.10. The minimum atomic E-state index is -0.759. The van der Waals surface area contributed by atoms with E-state index in [1.807, 2.05) is 24.3 Å². The molecule has 7 heteroatoms. The lowest BCUT2D eigenvalue weighted by Gasteiger charge is -2.00. The Labute approximate surface area is 150 Å². The van der Waals surface area contributed by atoms with Crippen molar-refractivity contribution in [1.29, 1.82) is 0 Å². The van der Waals surface area contributed by atoms with E-state index in [0.717, 1.165) is 22.2 Å². The minimum absolute atomic E-state index is 0.0300. The molecule has 2 aromatic carbocycles. The molecule has 0 aliphatic carbocycles. The van der Waals surface area contributed by atoms with Gasteiger partial charge in [-0.05, 0) is 29.8 Å². The normalized spacial score (nSPS) is 11.3. The van der Waals surface area contributed by atoms with Gasteiger partial charge in [-0.2, -0.15) is 0 Å². The number of hydrogen-bond acceptors (Lipinski definition) is 3. The van der Waals surface area contributed by atoms with E-state index in [1.54, 1.807) is 0 Å². The van der Waals surface area contributed by atoms with E-state index >= 15 is 0 Å². The zero-order chi connectivity index (χ0) is 17.1. The van der Waals surface area contributed by atoms with Gasteiger partial charge < -0.3 is 4.42 Å². The fraction of sp³-hybridized carbons (Fsp3) is 0.0588. The maximum Gasteiger partial charge on any atom is 0.240 e. The van der Waals surface area contributed by atoms with Crippen LogP contribution in [-0.2, 0) is 6.42 Å². The molecule has 1 heterocycles. The molecule has 0 aliphatic heterocycles. The average Bonchev–Trinajstić information content (AvgIpc) is 2.93. The topological polar surface area (TPSA) is 38.9 Å². The zero-order valence-corrected chi connectivity index (χ0v) is 14.5. The molecule has 24 heavy (non-hydrogen) atoms. The molecule has 0 saturated heterocycles. The summed E-state index contributed by atoms with van der Waals surface area (Å²) < 4.78 is 33.2. The van der Waals surface area contributed by atoms with Crippen LogP contribution in [0.4, 0.5) is 8.78 Å². The van der Waals surface area contributed by atoms with Crippen LogP contribution >= 0.6 is 27.5 Å². The second-order valence-electron chi connectivity index (χ2n) is 4.96. The second kappa shape index (κ2) is 7.23. The monoisotopic (exact) mass is 410 g/mol. The Morgan fingerprint density at radius 3 is 2.71 bits per heavy atom. The van der Waals surface area contributed by atoms with Gasteiger partial charge in [0.1, 0.15) is 11.6 Å². The number of halogens is 4. The highest BCUT2D eigenvalue weighted by atomic mass is 79.9. The summed E-state index contributed by atoms with van der Waals surface area (Å²) >= 11 is 9.22. The van der Waals surface area contributed by atoms with Crippen molar-refractivity contribution < 1.29 is 13.2 Å². The molecule has 3 nitrogen and oxygen atoms in total. The van der Waals surface area contributed by atoms with Crippen molar-refractivity contribution in [3.05, 3.63) is 80.4 Å². The number of benzene rings is 2. The van der Waals surface area contributed by atoms with Crippen LogP contribution in [0.25, 0.3) is 12.2 Å². The standard InChI is InChI=1S/C17H10BrClF2N2O/c18-11-3-1-2-10(6-11)7-17-23-22-16(24-17)5-4-13-14(19)8-12(20)9-15(13)21/h1-6,8-9H,7H2. The van der Waals surface area contributed by atoms with E-state index in [2.05, 4.69) is 26.1 Å². The van der Waals surface area contributed by atoms with Gasteiger partial charge in [-0.3, -0.25) is 0 Å². The lowest BCUT2D eigenvalue weighted by Crippen LogP contribution is -1.87. The predicted octanol–water partition coefficient (Wildman–Crippen LogP) is 5.52. The van der Waals surface area contributed by atoms with Crippen LogP contribution in [0.2, 0.25) is 5.02 Å². The number of aromatic nitrogens is 2. The number of nitrogens with zero attached hydrogens (tertiary/aromatic N) is 2. The van der Waals surface area contributed by atoms with Gasteiger partial charge in [0.2, 0.25) is 11.8 Å². The third-order valence-electron chi connectivity index (χ3n) is 3.16. The molecule has 122 valence electrons. The lowest BCUT2D eigenvalue weighted by atomic mass is 10.1. The van der Waals surface area contributed by atoms with Crippen molar-refractivity contribution in [2.24, 2.45) is 0 Å². The molecular weight excluding hydrogens is 402 g/mol.